The summed E-state index contributed by atoms with van der Waals surface area (Å²) in [6.45, 7) is 9.37. The van der Waals surface area contributed by atoms with E-state index in [1.54, 1.807) is 12.8 Å². The second-order valence-corrected chi connectivity index (χ2v) is 6.50. The lowest BCUT2D eigenvalue weighted by Gasteiger charge is -2.36. The monoisotopic (exact) mass is 210 g/mol. The zero-order valence-electron chi connectivity index (χ0n) is 11.3. The fourth-order valence-corrected chi connectivity index (χ4v) is 2.73. The van der Waals surface area contributed by atoms with E-state index < -0.39 is 0 Å². The van der Waals surface area contributed by atoms with Crippen molar-refractivity contribution in [3.8, 4) is 0 Å². The molecule has 1 aliphatic rings. The third-order valence-corrected chi connectivity index (χ3v) is 3.88. The predicted octanol–water partition coefficient (Wildman–Crippen LogP) is 5.28. The quantitative estimate of drug-likeness (QED) is 0.536. The van der Waals surface area contributed by atoms with Gasteiger partial charge >= 0.3 is 0 Å². The first-order valence-electron chi connectivity index (χ1n) is 7.08. The molecule has 1 aliphatic carbocycles. The summed E-state index contributed by atoms with van der Waals surface area (Å²) in [6.07, 6.45) is 10.5. The first kappa shape index (κ1) is 13.1. The van der Waals surface area contributed by atoms with Gasteiger partial charge < -0.3 is 0 Å². The van der Waals surface area contributed by atoms with E-state index in [1.165, 1.54) is 32.1 Å². The van der Waals surface area contributed by atoms with Crippen LogP contribution in [0.5, 0.6) is 0 Å². The summed E-state index contributed by atoms with van der Waals surface area (Å²) in [5, 5.41) is 0. The molecular formula is C15H30. The van der Waals surface area contributed by atoms with Crippen LogP contribution in [0.1, 0.15) is 72.6 Å². The SMILES string of the molecule is CC(C)CCCC1CC(CCC(C)C)C1. The summed E-state index contributed by atoms with van der Waals surface area (Å²) in [6, 6.07) is 0. The van der Waals surface area contributed by atoms with Crippen molar-refractivity contribution in [1.29, 1.82) is 0 Å². The van der Waals surface area contributed by atoms with E-state index in [9.17, 15) is 0 Å². The Kier molecular flexibility index (Phi) is 5.71. The molecule has 0 N–H and O–H groups in total. The molecule has 0 nitrogen and oxygen atoms in total. The van der Waals surface area contributed by atoms with Crippen LogP contribution < -0.4 is 0 Å². The largest absolute Gasteiger partial charge is 0.0628 e. The van der Waals surface area contributed by atoms with Gasteiger partial charge in [0.25, 0.3) is 0 Å². The second-order valence-electron chi connectivity index (χ2n) is 6.50. The Balaban J connectivity index is 1.91. The zero-order chi connectivity index (χ0) is 11.3. The summed E-state index contributed by atoms with van der Waals surface area (Å²) in [4.78, 5) is 0. The highest BCUT2D eigenvalue weighted by atomic mass is 14.3. The Labute approximate surface area is 96.8 Å². The second kappa shape index (κ2) is 6.55. The molecule has 0 heterocycles. The van der Waals surface area contributed by atoms with E-state index in [2.05, 4.69) is 27.7 Å². The minimum atomic E-state index is 0.904. The van der Waals surface area contributed by atoms with Crippen molar-refractivity contribution >= 4 is 0 Å². The lowest BCUT2D eigenvalue weighted by molar-refractivity contribution is 0.159. The van der Waals surface area contributed by atoms with Crippen molar-refractivity contribution in [1.82, 2.24) is 0 Å². The maximum atomic E-state index is 2.35. The first-order chi connectivity index (χ1) is 7.08. The lowest BCUT2D eigenvalue weighted by Crippen LogP contribution is -2.23. The van der Waals surface area contributed by atoms with E-state index in [1.807, 2.05) is 0 Å². The fourth-order valence-electron chi connectivity index (χ4n) is 2.73. The van der Waals surface area contributed by atoms with Crippen molar-refractivity contribution in [2.24, 2.45) is 23.7 Å². The molecule has 0 spiro atoms. The van der Waals surface area contributed by atoms with Crippen LogP contribution in [0.25, 0.3) is 0 Å². The van der Waals surface area contributed by atoms with E-state index in [4.69, 9.17) is 0 Å². The summed E-state index contributed by atoms with van der Waals surface area (Å²) in [5.74, 6) is 4.00. The summed E-state index contributed by atoms with van der Waals surface area (Å²) in [5.41, 5.74) is 0. The Hall–Kier alpha value is 0. The van der Waals surface area contributed by atoms with Crippen LogP contribution in [0, 0.1) is 23.7 Å². The predicted molar refractivity (Wildman–Crippen MR) is 69.0 cm³/mol. The van der Waals surface area contributed by atoms with Gasteiger partial charge in [0.05, 0.1) is 0 Å². The molecule has 0 aromatic carbocycles. The van der Waals surface area contributed by atoms with Crippen molar-refractivity contribution in [3.05, 3.63) is 0 Å². The number of rotatable bonds is 7. The van der Waals surface area contributed by atoms with Gasteiger partial charge in [0.15, 0.2) is 0 Å². The van der Waals surface area contributed by atoms with Crippen LogP contribution in [0.4, 0.5) is 0 Å². The molecule has 0 unspecified atom stereocenters. The lowest BCUT2D eigenvalue weighted by atomic mass is 9.70. The van der Waals surface area contributed by atoms with Crippen molar-refractivity contribution in [2.45, 2.75) is 72.6 Å². The van der Waals surface area contributed by atoms with Crippen LogP contribution in [0.3, 0.4) is 0 Å². The standard InChI is InChI=1S/C15H30/c1-12(2)6-5-7-14-10-15(11-14)9-8-13(3)4/h12-15H,5-11H2,1-4H3. The first-order valence-corrected chi connectivity index (χ1v) is 7.08. The highest BCUT2D eigenvalue weighted by Gasteiger charge is 2.27. The van der Waals surface area contributed by atoms with Gasteiger partial charge in [0.2, 0.25) is 0 Å². The van der Waals surface area contributed by atoms with E-state index in [-0.39, 0.29) is 0 Å². The van der Waals surface area contributed by atoms with Crippen LogP contribution in [-0.2, 0) is 0 Å². The maximum Gasteiger partial charge on any atom is -0.0409 e. The highest BCUT2D eigenvalue weighted by molar-refractivity contribution is 4.79. The van der Waals surface area contributed by atoms with Crippen LogP contribution in [0.2, 0.25) is 0 Å². The molecule has 0 aromatic rings. The van der Waals surface area contributed by atoms with Crippen LogP contribution >= 0.6 is 0 Å². The molecule has 0 radical (unpaired) electrons. The van der Waals surface area contributed by atoms with Gasteiger partial charge in [0, 0.05) is 0 Å². The highest BCUT2D eigenvalue weighted by Crippen LogP contribution is 2.40. The zero-order valence-corrected chi connectivity index (χ0v) is 11.3. The molecule has 1 saturated carbocycles. The number of hydrogen-bond acceptors (Lipinski definition) is 0. The normalized spacial score (nSPS) is 26.0. The Bertz CT molecular complexity index is 151. The van der Waals surface area contributed by atoms with Gasteiger partial charge in [-0.25, -0.2) is 0 Å². The smallest absolute Gasteiger partial charge is 0.0409 e. The summed E-state index contributed by atoms with van der Waals surface area (Å²) >= 11 is 0. The Morgan fingerprint density at radius 1 is 0.800 bits per heavy atom. The van der Waals surface area contributed by atoms with Gasteiger partial charge in [-0.1, -0.05) is 59.8 Å². The summed E-state index contributed by atoms with van der Waals surface area (Å²) in [7, 11) is 0. The van der Waals surface area contributed by atoms with Gasteiger partial charge in [0.1, 0.15) is 0 Å². The van der Waals surface area contributed by atoms with Crippen LogP contribution in [-0.4, -0.2) is 0 Å². The molecule has 90 valence electrons. The molecule has 0 aliphatic heterocycles. The topological polar surface area (TPSA) is 0 Å². The average molecular weight is 210 g/mol. The molecule has 15 heavy (non-hydrogen) atoms. The molecule has 0 amide bonds. The van der Waals surface area contributed by atoms with Crippen molar-refractivity contribution in [3.63, 3.8) is 0 Å². The Morgan fingerprint density at radius 3 is 1.87 bits per heavy atom. The molecule has 0 bridgehead atoms. The van der Waals surface area contributed by atoms with Gasteiger partial charge in [-0.3, -0.25) is 0 Å². The minimum Gasteiger partial charge on any atom is -0.0628 e. The summed E-state index contributed by atoms with van der Waals surface area (Å²) < 4.78 is 0. The molecule has 0 atom stereocenters. The van der Waals surface area contributed by atoms with Crippen molar-refractivity contribution in [2.75, 3.05) is 0 Å². The third-order valence-electron chi connectivity index (χ3n) is 3.88. The number of hydrogen-bond donors (Lipinski definition) is 0. The van der Waals surface area contributed by atoms with Crippen molar-refractivity contribution < 1.29 is 0 Å². The van der Waals surface area contributed by atoms with Gasteiger partial charge in [-0.2, -0.15) is 0 Å². The third kappa shape index (κ3) is 5.58. The Morgan fingerprint density at radius 2 is 1.33 bits per heavy atom. The minimum absolute atomic E-state index is 0.904. The van der Waals surface area contributed by atoms with Gasteiger partial charge in [-0.15, -0.1) is 0 Å². The maximum absolute atomic E-state index is 2.35. The van der Waals surface area contributed by atoms with E-state index in [0.717, 1.165) is 23.7 Å². The molecule has 0 aromatic heterocycles. The molecule has 0 saturated heterocycles. The molecule has 1 fully saturated rings. The molecule has 1 rings (SSSR count). The molecule has 0 heteroatoms. The van der Waals surface area contributed by atoms with Gasteiger partial charge in [-0.05, 0) is 36.5 Å². The van der Waals surface area contributed by atoms with Crippen LogP contribution in [0.15, 0.2) is 0 Å². The van der Waals surface area contributed by atoms with E-state index >= 15 is 0 Å². The fraction of sp³-hybridized carbons (Fsp3) is 1.00. The average Bonchev–Trinajstić information content (AvgIpc) is 2.06. The molecular weight excluding hydrogens is 180 g/mol. The van der Waals surface area contributed by atoms with E-state index in [0.29, 0.717) is 0 Å².